The predicted octanol–water partition coefficient (Wildman–Crippen LogP) is 0.880. The van der Waals surface area contributed by atoms with Crippen LogP contribution in [0.3, 0.4) is 0 Å². The van der Waals surface area contributed by atoms with Gasteiger partial charge in [-0.25, -0.2) is 15.0 Å². The van der Waals surface area contributed by atoms with Crippen molar-refractivity contribution >= 4 is 24.6 Å². The van der Waals surface area contributed by atoms with Gasteiger partial charge in [-0.1, -0.05) is 6.08 Å². The van der Waals surface area contributed by atoms with Gasteiger partial charge in [-0.2, -0.15) is 0 Å². The van der Waals surface area contributed by atoms with Gasteiger partial charge in [-0.15, -0.1) is 0 Å². The highest BCUT2D eigenvalue weighted by atomic mass is 31.2. The van der Waals surface area contributed by atoms with E-state index in [9.17, 15) is 4.57 Å². The maximum absolute atomic E-state index is 10.9. The zero-order chi connectivity index (χ0) is 14.4. The van der Waals surface area contributed by atoms with Crippen molar-refractivity contribution in [3.05, 3.63) is 24.5 Å². The first-order valence-electron chi connectivity index (χ1n) is 6.06. The lowest BCUT2D eigenvalue weighted by Gasteiger charge is -2.11. The molecule has 4 N–H and O–H groups in total. The Morgan fingerprint density at radius 2 is 2.15 bits per heavy atom. The quantitative estimate of drug-likeness (QED) is 0.714. The van der Waals surface area contributed by atoms with E-state index in [1.54, 1.807) is 12.4 Å². The molecule has 106 valence electrons. The van der Waals surface area contributed by atoms with E-state index in [1.807, 2.05) is 4.57 Å². The topological polar surface area (TPSA) is 127 Å². The molecule has 2 aromatic rings. The third-order valence-corrected chi connectivity index (χ3v) is 3.97. The van der Waals surface area contributed by atoms with Gasteiger partial charge in [0.25, 0.3) is 0 Å². The molecule has 0 amide bonds. The molecule has 0 aliphatic heterocycles. The summed E-state index contributed by atoms with van der Waals surface area (Å²) in [5.41, 5.74) is 6.67. The molecule has 1 saturated carbocycles. The average Bonchev–Trinajstić information content (AvgIpc) is 3.01. The highest BCUT2D eigenvalue weighted by Crippen LogP contribution is 2.51. The van der Waals surface area contributed by atoms with Crippen LogP contribution in [0.1, 0.15) is 12.8 Å². The van der Waals surface area contributed by atoms with Gasteiger partial charge in [-0.3, -0.25) is 4.57 Å². The van der Waals surface area contributed by atoms with Crippen LogP contribution in [0.4, 0.5) is 5.82 Å². The van der Waals surface area contributed by atoms with Crippen molar-refractivity contribution < 1.29 is 14.4 Å². The minimum atomic E-state index is -4.12. The number of rotatable bonds is 4. The lowest BCUT2D eigenvalue weighted by atomic mass is 10.1. The number of nitrogens with two attached hydrogens (primary N) is 1. The third kappa shape index (κ3) is 2.58. The molecule has 0 spiro atoms. The molecule has 2 heterocycles. The Morgan fingerprint density at radius 1 is 1.40 bits per heavy atom. The van der Waals surface area contributed by atoms with Crippen LogP contribution in [-0.2, 0) is 11.1 Å². The maximum Gasteiger partial charge on any atom is 0.348 e. The second kappa shape index (κ2) is 4.37. The number of hydrogen-bond acceptors (Lipinski definition) is 5. The Balaban J connectivity index is 1.89. The summed E-state index contributed by atoms with van der Waals surface area (Å²) in [5, 5.41) is 0. The first-order valence-corrected chi connectivity index (χ1v) is 7.74. The van der Waals surface area contributed by atoms with E-state index >= 15 is 0 Å². The lowest BCUT2D eigenvalue weighted by molar-refractivity contribution is 0.385. The van der Waals surface area contributed by atoms with Crippen molar-refractivity contribution in [2.45, 2.75) is 19.4 Å². The van der Waals surface area contributed by atoms with Crippen LogP contribution in [0.2, 0.25) is 0 Å². The van der Waals surface area contributed by atoms with Crippen LogP contribution in [0.15, 0.2) is 24.5 Å². The fourth-order valence-electron chi connectivity index (χ4n) is 2.15. The molecule has 9 heteroatoms. The standard InChI is InChI=1S/C11H14N5O3P/c12-9-8-10(14-6-13-9)16(7-15-8)5-11(1-2-11)3-4-20(17,18)19/h3-4,6-7H,1-2,5H2,(H2,12,13,14)(H2,17,18,19)/b4-3+. The number of anilines is 1. The fourth-order valence-corrected chi connectivity index (χ4v) is 2.66. The number of allylic oxidation sites excluding steroid dienone is 1. The Kier molecular flexibility index (Phi) is 2.89. The smallest absolute Gasteiger partial charge is 0.348 e. The van der Waals surface area contributed by atoms with Crippen LogP contribution < -0.4 is 5.73 Å². The Hall–Kier alpha value is -1.76. The molecule has 0 radical (unpaired) electrons. The number of nitrogens with zero attached hydrogens (tertiary/aromatic N) is 4. The lowest BCUT2D eigenvalue weighted by Crippen LogP contribution is -2.09. The van der Waals surface area contributed by atoms with Crippen LogP contribution in [0.25, 0.3) is 11.2 Å². The molecule has 1 fully saturated rings. The van der Waals surface area contributed by atoms with E-state index < -0.39 is 7.60 Å². The molecular formula is C11H14N5O3P. The van der Waals surface area contributed by atoms with Crippen molar-refractivity contribution in [3.63, 3.8) is 0 Å². The molecule has 0 aromatic carbocycles. The van der Waals surface area contributed by atoms with Crippen LogP contribution in [0, 0.1) is 5.41 Å². The van der Waals surface area contributed by atoms with E-state index in [1.165, 1.54) is 6.33 Å². The molecule has 0 saturated heterocycles. The van der Waals surface area contributed by atoms with Gasteiger partial charge in [0.05, 0.1) is 6.33 Å². The Labute approximate surface area is 114 Å². The maximum atomic E-state index is 10.9. The van der Waals surface area contributed by atoms with E-state index in [-0.39, 0.29) is 5.41 Å². The first-order chi connectivity index (χ1) is 9.39. The summed E-state index contributed by atoms with van der Waals surface area (Å²) in [4.78, 5) is 30.0. The molecule has 3 rings (SSSR count). The zero-order valence-electron chi connectivity index (χ0n) is 10.5. The summed E-state index contributed by atoms with van der Waals surface area (Å²) in [6.45, 7) is 0.566. The van der Waals surface area contributed by atoms with E-state index in [2.05, 4.69) is 15.0 Å². The minimum Gasteiger partial charge on any atom is -0.382 e. The Morgan fingerprint density at radius 3 is 2.80 bits per heavy atom. The fraction of sp³-hybridized carbons (Fsp3) is 0.364. The third-order valence-electron chi connectivity index (χ3n) is 3.43. The second-order valence-electron chi connectivity index (χ2n) is 5.07. The van der Waals surface area contributed by atoms with Gasteiger partial charge in [0, 0.05) is 17.8 Å². The van der Waals surface area contributed by atoms with Crippen molar-refractivity contribution in [1.82, 2.24) is 19.5 Å². The average molecular weight is 295 g/mol. The van der Waals surface area contributed by atoms with E-state index in [0.717, 1.165) is 18.7 Å². The zero-order valence-corrected chi connectivity index (χ0v) is 11.4. The van der Waals surface area contributed by atoms with Gasteiger partial charge in [-0.05, 0) is 12.8 Å². The largest absolute Gasteiger partial charge is 0.382 e. The number of aromatic nitrogens is 4. The number of hydrogen-bond donors (Lipinski definition) is 3. The highest BCUT2D eigenvalue weighted by molar-refractivity contribution is 7.55. The molecule has 8 nitrogen and oxygen atoms in total. The SMILES string of the molecule is Nc1ncnc2c1ncn2CC1(/C=C/P(=O)(O)O)CC1. The molecular weight excluding hydrogens is 281 g/mol. The highest BCUT2D eigenvalue weighted by Gasteiger charge is 2.41. The first kappa shape index (κ1) is 13.2. The Bertz CT molecular complexity index is 731. The van der Waals surface area contributed by atoms with Crippen molar-refractivity contribution in [1.29, 1.82) is 0 Å². The van der Waals surface area contributed by atoms with Crippen molar-refractivity contribution in [2.24, 2.45) is 5.41 Å². The molecule has 0 bridgehead atoms. The van der Waals surface area contributed by atoms with Crippen LogP contribution >= 0.6 is 7.60 Å². The molecule has 1 aliphatic carbocycles. The van der Waals surface area contributed by atoms with Gasteiger partial charge < -0.3 is 20.1 Å². The second-order valence-corrected chi connectivity index (χ2v) is 6.55. The predicted molar refractivity (Wildman–Crippen MR) is 72.6 cm³/mol. The molecule has 2 aromatic heterocycles. The van der Waals surface area contributed by atoms with Gasteiger partial charge in [0.2, 0.25) is 0 Å². The van der Waals surface area contributed by atoms with Crippen molar-refractivity contribution in [2.75, 3.05) is 5.73 Å². The summed E-state index contributed by atoms with van der Waals surface area (Å²) >= 11 is 0. The van der Waals surface area contributed by atoms with Crippen LogP contribution in [-0.4, -0.2) is 29.3 Å². The number of imidazole rings is 1. The number of nitrogen functional groups attached to an aromatic ring is 1. The number of fused-ring (bicyclic) bond motifs is 1. The summed E-state index contributed by atoms with van der Waals surface area (Å²) in [5.74, 6) is 1.30. The monoisotopic (exact) mass is 295 g/mol. The summed E-state index contributed by atoms with van der Waals surface area (Å²) in [6, 6.07) is 0. The molecule has 20 heavy (non-hydrogen) atoms. The van der Waals surface area contributed by atoms with Crippen LogP contribution in [0.5, 0.6) is 0 Å². The van der Waals surface area contributed by atoms with E-state index in [0.29, 0.717) is 23.5 Å². The molecule has 1 aliphatic rings. The van der Waals surface area contributed by atoms with Gasteiger partial charge in [0.15, 0.2) is 11.5 Å². The van der Waals surface area contributed by atoms with Gasteiger partial charge in [0.1, 0.15) is 11.8 Å². The van der Waals surface area contributed by atoms with Gasteiger partial charge >= 0.3 is 7.60 Å². The summed E-state index contributed by atoms with van der Waals surface area (Å²) in [7, 11) is -4.12. The van der Waals surface area contributed by atoms with E-state index in [4.69, 9.17) is 15.5 Å². The summed E-state index contributed by atoms with van der Waals surface area (Å²) < 4.78 is 12.8. The molecule has 0 unspecified atom stereocenters. The molecule has 0 atom stereocenters. The summed E-state index contributed by atoms with van der Waals surface area (Å²) in [6.07, 6.45) is 6.36. The normalized spacial score (nSPS) is 17.9. The van der Waals surface area contributed by atoms with Crippen molar-refractivity contribution in [3.8, 4) is 0 Å². The minimum absolute atomic E-state index is 0.228.